The third kappa shape index (κ3) is 3.44. The minimum absolute atomic E-state index is 0.231. The molecule has 1 saturated carbocycles. The zero-order valence-corrected chi connectivity index (χ0v) is 12.8. The van der Waals surface area contributed by atoms with Gasteiger partial charge in [0.2, 0.25) is 0 Å². The van der Waals surface area contributed by atoms with E-state index in [2.05, 4.69) is 10.3 Å². The Kier molecular flexibility index (Phi) is 4.37. The molecule has 1 heterocycles. The first-order valence-corrected chi connectivity index (χ1v) is 7.19. The topological polar surface area (TPSA) is 91.4 Å². The number of rotatable bonds is 5. The minimum Gasteiger partial charge on any atom is -0.448 e. The van der Waals surface area contributed by atoms with E-state index < -0.39 is 18.2 Å². The maximum atomic E-state index is 12.2. The van der Waals surface area contributed by atoms with Crippen LogP contribution in [0.4, 0.5) is 0 Å². The van der Waals surface area contributed by atoms with E-state index in [1.54, 1.807) is 27.7 Å². The molecule has 0 spiro atoms. The second-order valence-electron chi connectivity index (χ2n) is 5.67. The van der Waals surface area contributed by atoms with Crippen LogP contribution in [-0.4, -0.2) is 34.1 Å². The molecule has 0 saturated heterocycles. The van der Waals surface area contributed by atoms with Gasteiger partial charge in [-0.2, -0.15) is 0 Å². The first kappa shape index (κ1) is 15.6. The predicted molar refractivity (Wildman–Crippen MR) is 76.9 cm³/mol. The van der Waals surface area contributed by atoms with Gasteiger partial charge >= 0.3 is 5.97 Å². The van der Waals surface area contributed by atoms with Crippen LogP contribution in [0.15, 0.2) is 0 Å². The van der Waals surface area contributed by atoms with E-state index in [1.165, 1.54) is 0 Å². The summed E-state index contributed by atoms with van der Waals surface area (Å²) in [5.74, 6) is -0.858. The fourth-order valence-electron chi connectivity index (χ4n) is 2.41. The number of hydrogen-bond acceptors (Lipinski definition) is 4. The Morgan fingerprint density at radius 3 is 2.43 bits per heavy atom. The highest BCUT2D eigenvalue weighted by atomic mass is 16.5. The molecule has 1 aliphatic carbocycles. The standard InChI is InChI=1S/C15H22N2O4/c1-7-12(9(3)18)8(2)16-13(7)15(20)21-10(4)14(19)17-11-5-6-11/h9-11,16,18H,5-6H2,1-4H3,(H,17,19)/t9-,10+/m1/s1. The molecule has 3 N–H and O–H groups in total. The SMILES string of the molecule is Cc1[nH]c(C(=O)O[C@@H](C)C(=O)NC2CC2)c(C)c1[C@@H](C)O. The molecule has 1 aliphatic rings. The lowest BCUT2D eigenvalue weighted by atomic mass is 10.1. The van der Waals surface area contributed by atoms with Gasteiger partial charge in [-0.05, 0) is 46.1 Å². The largest absolute Gasteiger partial charge is 0.448 e. The van der Waals surface area contributed by atoms with Crippen molar-refractivity contribution in [1.29, 1.82) is 0 Å². The summed E-state index contributed by atoms with van der Waals surface area (Å²) in [7, 11) is 0. The van der Waals surface area contributed by atoms with Crippen molar-refractivity contribution < 1.29 is 19.4 Å². The summed E-state index contributed by atoms with van der Waals surface area (Å²) in [6.45, 7) is 6.73. The Morgan fingerprint density at radius 2 is 1.95 bits per heavy atom. The molecule has 116 valence electrons. The number of esters is 1. The van der Waals surface area contributed by atoms with Crippen LogP contribution in [0.1, 0.15) is 60.1 Å². The van der Waals surface area contributed by atoms with Gasteiger partial charge in [0.05, 0.1) is 6.10 Å². The maximum absolute atomic E-state index is 12.2. The molecule has 1 aromatic heterocycles. The van der Waals surface area contributed by atoms with Gasteiger partial charge in [0.25, 0.3) is 5.91 Å². The van der Waals surface area contributed by atoms with Crippen LogP contribution in [0.3, 0.4) is 0 Å². The number of amides is 1. The van der Waals surface area contributed by atoms with Crippen molar-refractivity contribution in [3.63, 3.8) is 0 Å². The van der Waals surface area contributed by atoms with E-state index in [1.807, 2.05) is 0 Å². The van der Waals surface area contributed by atoms with Crippen molar-refractivity contribution in [2.24, 2.45) is 0 Å². The number of aromatic nitrogens is 1. The van der Waals surface area contributed by atoms with Gasteiger partial charge in [0.1, 0.15) is 5.69 Å². The van der Waals surface area contributed by atoms with Crippen LogP contribution in [-0.2, 0) is 9.53 Å². The highest BCUT2D eigenvalue weighted by Gasteiger charge is 2.28. The number of carbonyl (C=O) groups excluding carboxylic acids is 2. The van der Waals surface area contributed by atoms with E-state index in [0.29, 0.717) is 11.1 Å². The molecule has 6 heteroatoms. The molecular weight excluding hydrogens is 272 g/mol. The van der Waals surface area contributed by atoms with Crippen LogP contribution in [0.5, 0.6) is 0 Å². The molecule has 2 rings (SSSR count). The van der Waals surface area contributed by atoms with Crippen molar-refractivity contribution >= 4 is 11.9 Å². The predicted octanol–water partition coefficient (Wildman–Crippen LogP) is 1.51. The molecule has 0 bridgehead atoms. The number of nitrogens with one attached hydrogen (secondary N) is 2. The summed E-state index contributed by atoms with van der Waals surface area (Å²) in [5, 5.41) is 12.5. The Bertz CT molecular complexity index is 558. The Balaban J connectivity index is 2.06. The molecule has 0 aromatic carbocycles. The Hall–Kier alpha value is -1.82. The van der Waals surface area contributed by atoms with E-state index >= 15 is 0 Å². The summed E-state index contributed by atoms with van der Waals surface area (Å²) in [6, 6.07) is 0.231. The van der Waals surface area contributed by atoms with Gasteiger partial charge in [-0.3, -0.25) is 4.79 Å². The number of aliphatic hydroxyl groups is 1. The van der Waals surface area contributed by atoms with Gasteiger partial charge in [-0.15, -0.1) is 0 Å². The second-order valence-corrected chi connectivity index (χ2v) is 5.67. The lowest BCUT2D eigenvalue weighted by molar-refractivity contribution is -0.129. The van der Waals surface area contributed by atoms with Gasteiger partial charge in [-0.1, -0.05) is 0 Å². The van der Waals surface area contributed by atoms with E-state index in [-0.39, 0.29) is 17.6 Å². The smallest absolute Gasteiger partial charge is 0.355 e. The minimum atomic E-state index is -0.837. The van der Waals surface area contributed by atoms with Gasteiger partial charge in [0.15, 0.2) is 6.10 Å². The zero-order valence-electron chi connectivity index (χ0n) is 12.8. The molecule has 0 unspecified atom stereocenters. The lowest BCUT2D eigenvalue weighted by Gasteiger charge is -2.13. The number of carbonyl (C=O) groups is 2. The van der Waals surface area contributed by atoms with E-state index in [0.717, 1.165) is 18.5 Å². The number of aliphatic hydroxyl groups excluding tert-OH is 1. The first-order valence-electron chi connectivity index (χ1n) is 7.19. The maximum Gasteiger partial charge on any atom is 0.355 e. The summed E-state index contributed by atoms with van der Waals surface area (Å²) < 4.78 is 5.19. The highest BCUT2D eigenvalue weighted by Crippen LogP contribution is 2.25. The Morgan fingerprint density at radius 1 is 1.33 bits per heavy atom. The van der Waals surface area contributed by atoms with Crippen LogP contribution < -0.4 is 5.32 Å². The molecule has 1 aromatic rings. The van der Waals surface area contributed by atoms with E-state index in [9.17, 15) is 14.7 Å². The van der Waals surface area contributed by atoms with Crippen LogP contribution >= 0.6 is 0 Å². The van der Waals surface area contributed by atoms with Crippen LogP contribution in [0.2, 0.25) is 0 Å². The number of hydrogen-bond donors (Lipinski definition) is 3. The summed E-state index contributed by atoms with van der Waals surface area (Å²) >= 11 is 0. The second kappa shape index (κ2) is 5.89. The fourth-order valence-corrected chi connectivity index (χ4v) is 2.41. The monoisotopic (exact) mass is 294 g/mol. The zero-order chi connectivity index (χ0) is 15.7. The molecule has 1 amide bonds. The number of H-pyrrole nitrogens is 1. The fraction of sp³-hybridized carbons (Fsp3) is 0.600. The molecular formula is C15H22N2O4. The van der Waals surface area contributed by atoms with Crippen LogP contribution in [0.25, 0.3) is 0 Å². The third-order valence-corrected chi connectivity index (χ3v) is 3.69. The molecule has 0 radical (unpaired) electrons. The van der Waals surface area contributed by atoms with Gasteiger partial charge in [0, 0.05) is 17.3 Å². The van der Waals surface area contributed by atoms with Gasteiger partial charge in [-0.25, -0.2) is 4.79 Å². The Labute approximate surface area is 123 Å². The molecule has 2 atom stereocenters. The van der Waals surface area contributed by atoms with Crippen molar-refractivity contribution in [3.8, 4) is 0 Å². The number of aryl methyl sites for hydroxylation is 1. The van der Waals surface area contributed by atoms with Crippen molar-refractivity contribution in [2.75, 3.05) is 0 Å². The summed E-state index contributed by atoms with van der Waals surface area (Å²) in [4.78, 5) is 26.9. The summed E-state index contributed by atoms with van der Waals surface area (Å²) in [5.41, 5.74) is 2.36. The van der Waals surface area contributed by atoms with E-state index in [4.69, 9.17) is 4.74 Å². The van der Waals surface area contributed by atoms with Crippen LogP contribution in [0, 0.1) is 13.8 Å². The summed E-state index contributed by atoms with van der Waals surface area (Å²) in [6.07, 6.45) is 0.465. The molecule has 6 nitrogen and oxygen atoms in total. The van der Waals surface area contributed by atoms with Crippen molar-refractivity contribution in [1.82, 2.24) is 10.3 Å². The number of aromatic amines is 1. The average molecular weight is 294 g/mol. The number of ether oxygens (including phenoxy) is 1. The quantitative estimate of drug-likeness (QED) is 0.718. The third-order valence-electron chi connectivity index (χ3n) is 3.69. The van der Waals surface area contributed by atoms with Gasteiger partial charge < -0.3 is 20.1 Å². The normalized spacial score (nSPS) is 17.2. The molecule has 21 heavy (non-hydrogen) atoms. The lowest BCUT2D eigenvalue weighted by Crippen LogP contribution is -2.37. The highest BCUT2D eigenvalue weighted by molar-refractivity contribution is 5.92. The first-order chi connectivity index (χ1) is 9.81. The van der Waals surface area contributed by atoms with Crippen molar-refractivity contribution in [3.05, 3.63) is 22.5 Å². The van der Waals surface area contributed by atoms with Crippen molar-refractivity contribution in [2.45, 2.75) is 58.8 Å². The average Bonchev–Trinajstić information content (AvgIpc) is 3.13. The molecule has 0 aliphatic heterocycles. The molecule has 1 fully saturated rings.